The largest absolute Gasteiger partial charge is 0.382 e. The molecular weight excluding hydrogens is 448 g/mol. The molecule has 0 radical (unpaired) electrons. The zero-order valence-electron chi connectivity index (χ0n) is 19.9. The van der Waals surface area contributed by atoms with E-state index in [0.29, 0.717) is 24.5 Å². The summed E-state index contributed by atoms with van der Waals surface area (Å²) in [6, 6.07) is 17.5. The Kier molecular flexibility index (Phi) is 9.70. The number of hydrogen-bond donors (Lipinski definition) is 2. The van der Waals surface area contributed by atoms with Crippen molar-refractivity contribution in [2.24, 2.45) is 7.05 Å². The van der Waals surface area contributed by atoms with Gasteiger partial charge in [0.15, 0.2) is 0 Å². The minimum absolute atomic E-state index is 0.168. The molecule has 0 aliphatic heterocycles. The number of aryl methyl sites for hydroxylation is 1. The van der Waals surface area contributed by atoms with Crippen molar-refractivity contribution in [1.82, 2.24) is 20.4 Å². The normalized spacial score (nSPS) is 11.6. The summed E-state index contributed by atoms with van der Waals surface area (Å²) in [5.41, 5.74) is 2.40. The van der Waals surface area contributed by atoms with Crippen molar-refractivity contribution >= 4 is 17.6 Å². The number of aromatic nitrogens is 2. The van der Waals surface area contributed by atoms with Crippen LogP contribution in [0, 0.1) is 0 Å². The Bertz CT molecular complexity index is 1120. The van der Waals surface area contributed by atoms with Crippen LogP contribution in [0.3, 0.4) is 0 Å². The second-order valence-electron chi connectivity index (χ2n) is 7.87. The van der Waals surface area contributed by atoms with Crippen LogP contribution in [0.15, 0.2) is 66.9 Å². The molecule has 3 aromatic rings. The van der Waals surface area contributed by atoms with Gasteiger partial charge in [0.1, 0.15) is 11.7 Å². The molecule has 0 bridgehead atoms. The van der Waals surface area contributed by atoms with Crippen LogP contribution in [0.25, 0.3) is 11.3 Å². The molecule has 1 aromatic heterocycles. The second-order valence-corrected chi connectivity index (χ2v) is 7.87. The molecule has 3 rings (SSSR count). The lowest BCUT2D eigenvalue weighted by atomic mass is 10.0. The molecule has 35 heavy (non-hydrogen) atoms. The standard InChI is InChI=1S/C26H30N4O5/c1-30-18-21(23(29-30)20-11-7-4-8-12-20)25(32)28-22(17-19-9-5-3-6-10-19)24(31)26(33)27-13-14-35-16-15-34-2/h3-12,18,22H,13-17H2,1-2H3,(H,27,33)(H,28,32). The summed E-state index contributed by atoms with van der Waals surface area (Å²) in [5.74, 6) is -2.00. The van der Waals surface area contributed by atoms with Crippen LogP contribution in [0.1, 0.15) is 15.9 Å². The van der Waals surface area contributed by atoms with E-state index in [2.05, 4.69) is 15.7 Å². The Hall–Kier alpha value is -3.82. The Balaban J connectivity index is 1.73. The van der Waals surface area contributed by atoms with E-state index in [9.17, 15) is 14.4 Å². The number of ketones is 1. The molecule has 9 nitrogen and oxygen atoms in total. The fraction of sp³-hybridized carbons (Fsp3) is 0.308. The first-order valence-corrected chi connectivity index (χ1v) is 11.3. The number of hydrogen-bond acceptors (Lipinski definition) is 6. The highest BCUT2D eigenvalue weighted by atomic mass is 16.5. The summed E-state index contributed by atoms with van der Waals surface area (Å²) in [5, 5.41) is 9.72. The number of nitrogens with zero attached hydrogens (tertiary/aromatic N) is 2. The molecule has 0 aliphatic rings. The summed E-state index contributed by atoms with van der Waals surface area (Å²) < 4.78 is 11.7. The van der Waals surface area contributed by atoms with Crippen LogP contribution < -0.4 is 10.6 Å². The first-order valence-electron chi connectivity index (χ1n) is 11.3. The number of nitrogens with one attached hydrogen (secondary N) is 2. The third-order valence-corrected chi connectivity index (χ3v) is 5.21. The quantitative estimate of drug-likeness (QED) is 0.286. The van der Waals surface area contributed by atoms with Gasteiger partial charge in [-0.05, 0) is 5.56 Å². The van der Waals surface area contributed by atoms with Gasteiger partial charge >= 0.3 is 0 Å². The molecule has 2 aromatic carbocycles. The average molecular weight is 479 g/mol. The Morgan fingerprint density at radius 2 is 1.66 bits per heavy atom. The topological polar surface area (TPSA) is 112 Å². The zero-order valence-corrected chi connectivity index (χ0v) is 19.9. The van der Waals surface area contributed by atoms with Crippen molar-refractivity contribution in [3.63, 3.8) is 0 Å². The Morgan fingerprint density at radius 3 is 2.34 bits per heavy atom. The van der Waals surface area contributed by atoms with E-state index in [-0.39, 0.29) is 19.6 Å². The lowest BCUT2D eigenvalue weighted by Crippen LogP contribution is -2.49. The number of ether oxygens (including phenoxy) is 2. The molecular formula is C26H30N4O5. The van der Waals surface area contributed by atoms with E-state index in [1.54, 1.807) is 25.0 Å². The highest BCUT2D eigenvalue weighted by molar-refractivity contribution is 6.38. The van der Waals surface area contributed by atoms with Gasteiger partial charge in [-0.25, -0.2) is 0 Å². The van der Waals surface area contributed by atoms with Gasteiger partial charge in [0.2, 0.25) is 5.78 Å². The smallest absolute Gasteiger partial charge is 0.289 e. The van der Waals surface area contributed by atoms with Gasteiger partial charge in [-0.15, -0.1) is 0 Å². The SMILES string of the molecule is COCCOCCNC(=O)C(=O)C(Cc1ccccc1)NC(=O)c1cn(C)nc1-c1ccccc1. The molecule has 0 saturated heterocycles. The van der Waals surface area contributed by atoms with Crippen LogP contribution in [0.4, 0.5) is 0 Å². The van der Waals surface area contributed by atoms with Crippen molar-refractivity contribution in [1.29, 1.82) is 0 Å². The summed E-state index contributed by atoms with van der Waals surface area (Å²) in [7, 11) is 3.29. The fourth-order valence-electron chi connectivity index (χ4n) is 3.49. The first-order chi connectivity index (χ1) is 17.0. The van der Waals surface area contributed by atoms with Crippen LogP contribution in [-0.2, 0) is 32.5 Å². The third kappa shape index (κ3) is 7.59. The monoisotopic (exact) mass is 478 g/mol. The maximum Gasteiger partial charge on any atom is 0.289 e. The van der Waals surface area contributed by atoms with Crippen molar-refractivity contribution in [3.05, 3.63) is 78.0 Å². The maximum atomic E-state index is 13.3. The van der Waals surface area contributed by atoms with E-state index >= 15 is 0 Å². The van der Waals surface area contributed by atoms with Gasteiger partial charge in [-0.3, -0.25) is 19.1 Å². The van der Waals surface area contributed by atoms with Gasteiger partial charge in [0.05, 0.1) is 25.4 Å². The molecule has 2 N–H and O–H groups in total. The molecule has 184 valence electrons. The van der Waals surface area contributed by atoms with E-state index in [1.165, 1.54) is 0 Å². The van der Waals surface area contributed by atoms with Gasteiger partial charge < -0.3 is 20.1 Å². The van der Waals surface area contributed by atoms with Crippen LogP contribution in [0.2, 0.25) is 0 Å². The average Bonchev–Trinajstić information content (AvgIpc) is 3.28. The van der Waals surface area contributed by atoms with E-state index in [1.807, 2.05) is 60.7 Å². The molecule has 0 spiro atoms. The predicted octanol–water partition coefficient (Wildman–Crippen LogP) is 1.78. The van der Waals surface area contributed by atoms with E-state index < -0.39 is 23.6 Å². The van der Waals surface area contributed by atoms with E-state index in [0.717, 1.165) is 11.1 Å². The summed E-state index contributed by atoms with van der Waals surface area (Å²) in [6.45, 7) is 1.24. The Labute approximate surface area is 204 Å². The van der Waals surface area contributed by atoms with Gasteiger partial charge in [0.25, 0.3) is 11.8 Å². The Morgan fingerprint density at radius 1 is 0.971 bits per heavy atom. The molecule has 0 fully saturated rings. The maximum absolute atomic E-state index is 13.3. The van der Waals surface area contributed by atoms with Crippen LogP contribution in [-0.4, -0.2) is 66.9 Å². The predicted molar refractivity (Wildman–Crippen MR) is 131 cm³/mol. The number of rotatable bonds is 13. The minimum atomic E-state index is -1.05. The molecule has 9 heteroatoms. The van der Waals surface area contributed by atoms with Crippen molar-refractivity contribution in [2.45, 2.75) is 12.5 Å². The van der Waals surface area contributed by atoms with E-state index in [4.69, 9.17) is 9.47 Å². The molecule has 0 saturated carbocycles. The van der Waals surface area contributed by atoms with Gasteiger partial charge in [0, 0.05) is 38.9 Å². The lowest BCUT2D eigenvalue weighted by Gasteiger charge is -2.18. The summed E-state index contributed by atoms with van der Waals surface area (Å²) in [4.78, 5) is 38.9. The lowest BCUT2D eigenvalue weighted by molar-refractivity contribution is -0.139. The number of amides is 2. The zero-order chi connectivity index (χ0) is 25.0. The number of Topliss-reactive ketones (excluding diaryl/α,β-unsaturated/α-hetero) is 1. The van der Waals surface area contributed by atoms with Crippen molar-refractivity contribution < 1.29 is 23.9 Å². The van der Waals surface area contributed by atoms with Crippen molar-refractivity contribution in [2.75, 3.05) is 33.5 Å². The molecule has 1 unspecified atom stereocenters. The summed E-state index contributed by atoms with van der Waals surface area (Å²) >= 11 is 0. The second kappa shape index (κ2) is 13.2. The van der Waals surface area contributed by atoms with Gasteiger partial charge in [-0.2, -0.15) is 5.10 Å². The molecule has 0 aliphatic carbocycles. The minimum Gasteiger partial charge on any atom is -0.382 e. The van der Waals surface area contributed by atoms with Crippen LogP contribution in [0.5, 0.6) is 0 Å². The summed E-state index contributed by atoms with van der Waals surface area (Å²) in [6.07, 6.45) is 1.77. The first kappa shape index (κ1) is 25.8. The number of carbonyl (C=O) groups excluding carboxylic acids is 3. The fourth-order valence-corrected chi connectivity index (χ4v) is 3.49. The molecule has 1 heterocycles. The molecule has 2 amide bonds. The van der Waals surface area contributed by atoms with Crippen molar-refractivity contribution in [3.8, 4) is 11.3 Å². The number of carbonyl (C=O) groups is 3. The molecule has 1 atom stereocenters. The highest BCUT2D eigenvalue weighted by Gasteiger charge is 2.29. The van der Waals surface area contributed by atoms with Crippen LogP contribution >= 0.6 is 0 Å². The number of benzene rings is 2. The number of methoxy groups -OCH3 is 1. The van der Waals surface area contributed by atoms with Gasteiger partial charge in [-0.1, -0.05) is 60.7 Å². The highest BCUT2D eigenvalue weighted by Crippen LogP contribution is 2.21. The third-order valence-electron chi connectivity index (χ3n) is 5.21.